The molecule has 2 rings (SSSR count). The van der Waals surface area contributed by atoms with Crippen molar-refractivity contribution in [3.63, 3.8) is 0 Å². The molecule has 0 bridgehead atoms. The maximum atomic E-state index is 11.4. The molecule has 2 aromatic rings. The van der Waals surface area contributed by atoms with Gasteiger partial charge in [0.1, 0.15) is 11.9 Å². The van der Waals surface area contributed by atoms with Crippen LogP contribution in [0.5, 0.6) is 5.75 Å². The first kappa shape index (κ1) is 15.4. The summed E-state index contributed by atoms with van der Waals surface area (Å²) < 4.78 is 10.7. The van der Waals surface area contributed by atoms with Gasteiger partial charge < -0.3 is 9.47 Å². The predicted octanol–water partition coefficient (Wildman–Crippen LogP) is 4.20. The second-order valence-corrected chi connectivity index (χ2v) is 5.11. The summed E-state index contributed by atoms with van der Waals surface area (Å²) in [6.07, 6.45) is 0.0251. The summed E-state index contributed by atoms with van der Waals surface area (Å²) in [6, 6.07) is 15.0. The van der Waals surface area contributed by atoms with Gasteiger partial charge in [-0.05, 0) is 30.7 Å². The van der Waals surface area contributed by atoms with Crippen molar-refractivity contribution in [2.24, 2.45) is 0 Å². The van der Waals surface area contributed by atoms with Crippen LogP contribution in [0.3, 0.4) is 0 Å². The van der Waals surface area contributed by atoms with Crippen LogP contribution < -0.4 is 4.74 Å². The van der Waals surface area contributed by atoms with E-state index >= 15 is 0 Å². The molecular formula is C17H17ClO3. The van der Waals surface area contributed by atoms with E-state index in [1.807, 2.05) is 55.5 Å². The normalized spacial score (nSPS) is 11.8. The minimum Gasteiger partial charge on any atom is -0.486 e. The highest BCUT2D eigenvalue weighted by Gasteiger charge is 2.13. The Morgan fingerprint density at radius 2 is 1.95 bits per heavy atom. The fourth-order valence-electron chi connectivity index (χ4n) is 2.01. The number of hydrogen-bond acceptors (Lipinski definition) is 3. The van der Waals surface area contributed by atoms with Crippen molar-refractivity contribution >= 4 is 17.6 Å². The number of ether oxygens (including phenoxy) is 2. The summed E-state index contributed by atoms with van der Waals surface area (Å²) in [4.78, 5) is 11.4. The molecule has 0 spiro atoms. The lowest BCUT2D eigenvalue weighted by molar-refractivity contribution is -0.139. The van der Waals surface area contributed by atoms with Gasteiger partial charge in [0, 0.05) is 10.6 Å². The van der Waals surface area contributed by atoms with Crippen LogP contribution in [0, 0.1) is 0 Å². The van der Waals surface area contributed by atoms with E-state index in [1.54, 1.807) is 0 Å². The van der Waals surface area contributed by atoms with E-state index in [2.05, 4.69) is 0 Å². The molecule has 1 atom stereocenters. The van der Waals surface area contributed by atoms with Crippen molar-refractivity contribution < 1.29 is 14.3 Å². The maximum Gasteiger partial charge on any atom is 0.310 e. The van der Waals surface area contributed by atoms with Gasteiger partial charge >= 0.3 is 5.97 Å². The molecule has 0 N–H and O–H groups in total. The molecule has 0 saturated carbocycles. The lowest BCUT2D eigenvalue weighted by Crippen LogP contribution is -2.09. The standard InChI is InChI=1S/C17H17ClO3/c1-12(13-7-5-8-15(18)10-13)21-16-9-4-3-6-14(16)11-17(19)20-2/h3-10,12H,11H2,1-2H3/t12-/m1/s1. The third-order valence-electron chi connectivity index (χ3n) is 3.16. The molecule has 0 aliphatic carbocycles. The molecule has 0 aliphatic heterocycles. The highest BCUT2D eigenvalue weighted by Crippen LogP contribution is 2.26. The van der Waals surface area contributed by atoms with Gasteiger partial charge in [0.15, 0.2) is 0 Å². The van der Waals surface area contributed by atoms with Crippen molar-refractivity contribution in [2.75, 3.05) is 7.11 Å². The quantitative estimate of drug-likeness (QED) is 0.777. The lowest BCUT2D eigenvalue weighted by atomic mass is 10.1. The summed E-state index contributed by atoms with van der Waals surface area (Å²) in [5, 5.41) is 0.672. The van der Waals surface area contributed by atoms with Crippen LogP contribution in [0.25, 0.3) is 0 Å². The Bertz CT molecular complexity index is 625. The average Bonchev–Trinajstić information content (AvgIpc) is 2.49. The first-order valence-corrected chi connectivity index (χ1v) is 7.05. The summed E-state index contributed by atoms with van der Waals surface area (Å²) in [5.41, 5.74) is 1.79. The van der Waals surface area contributed by atoms with Crippen LogP contribution in [0.1, 0.15) is 24.2 Å². The van der Waals surface area contributed by atoms with E-state index in [0.717, 1.165) is 11.1 Å². The van der Waals surface area contributed by atoms with Crippen molar-refractivity contribution in [3.05, 3.63) is 64.7 Å². The Labute approximate surface area is 129 Å². The fraction of sp³-hybridized carbons (Fsp3) is 0.235. The van der Waals surface area contributed by atoms with E-state index in [0.29, 0.717) is 10.8 Å². The van der Waals surface area contributed by atoms with Gasteiger partial charge in [0.25, 0.3) is 0 Å². The largest absolute Gasteiger partial charge is 0.486 e. The van der Waals surface area contributed by atoms with Crippen LogP contribution in [-0.4, -0.2) is 13.1 Å². The molecule has 0 aromatic heterocycles. The van der Waals surface area contributed by atoms with Gasteiger partial charge in [-0.3, -0.25) is 4.79 Å². The van der Waals surface area contributed by atoms with Crippen molar-refractivity contribution in [3.8, 4) is 5.75 Å². The zero-order valence-electron chi connectivity index (χ0n) is 12.0. The van der Waals surface area contributed by atoms with Gasteiger partial charge in [-0.2, -0.15) is 0 Å². The van der Waals surface area contributed by atoms with Crippen molar-refractivity contribution in [2.45, 2.75) is 19.4 Å². The third kappa shape index (κ3) is 4.23. The molecule has 3 nitrogen and oxygen atoms in total. The zero-order chi connectivity index (χ0) is 15.2. The average molecular weight is 305 g/mol. The number of benzene rings is 2. The smallest absolute Gasteiger partial charge is 0.310 e. The fourth-order valence-corrected chi connectivity index (χ4v) is 2.21. The topological polar surface area (TPSA) is 35.5 Å². The Morgan fingerprint density at radius 1 is 1.19 bits per heavy atom. The summed E-state index contributed by atoms with van der Waals surface area (Å²) >= 11 is 5.99. The lowest BCUT2D eigenvalue weighted by Gasteiger charge is -2.17. The highest BCUT2D eigenvalue weighted by atomic mass is 35.5. The number of esters is 1. The van der Waals surface area contributed by atoms with Gasteiger partial charge in [0.05, 0.1) is 13.5 Å². The molecule has 0 heterocycles. The molecule has 110 valence electrons. The van der Waals surface area contributed by atoms with Crippen LogP contribution in [-0.2, 0) is 16.0 Å². The molecule has 0 radical (unpaired) electrons. The first-order valence-electron chi connectivity index (χ1n) is 6.67. The van der Waals surface area contributed by atoms with E-state index in [-0.39, 0.29) is 18.5 Å². The molecule has 0 fully saturated rings. The summed E-state index contributed by atoms with van der Waals surface area (Å²) in [5.74, 6) is 0.386. The number of hydrogen-bond donors (Lipinski definition) is 0. The Morgan fingerprint density at radius 3 is 2.67 bits per heavy atom. The third-order valence-corrected chi connectivity index (χ3v) is 3.39. The number of halogens is 1. The summed E-state index contributed by atoms with van der Waals surface area (Å²) in [7, 11) is 1.38. The second kappa shape index (κ2) is 7.14. The molecule has 0 aliphatic rings. The summed E-state index contributed by atoms with van der Waals surface area (Å²) in [6.45, 7) is 1.95. The monoisotopic (exact) mass is 304 g/mol. The number of rotatable bonds is 5. The molecule has 2 aromatic carbocycles. The van der Waals surface area contributed by atoms with E-state index in [1.165, 1.54) is 7.11 Å². The molecule has 4 heteroatoms. The van der Waals surface area contributed by atoms with Crippen molar-refractivity contribution in [1.29, 1.82) is 0 Å². The van der Waals surface area contributed by atoms with Crippen LogP contribution in [0.4, 0.5) is 0 Å². The first-order chi connectivity index (χ1) is 10.1. The maximum absolute atomic E-state index is 11.4. The Balaban J connectivity index is 2.17. The highest BCUT2D eigenvalue weighted by molar-refractivity contribution is 6.30. The van der Waals surface area contributed by atoms with Gasteiger partial charge in [-0.15, -0.1) is 0 Å². The van der Waals surface area contributed by atoms with Crippen LogP contribution >= 0.6 is 11.6 Å². The SMILES string of the molecule is COC(=O)Cc1ccccc1O[C@H](C)c1cccc(Cl)c1. The predicted molar refractivity (Wildman–Crippen MR) is 82.7 cm³/mol. The minimum absolute atomic E-state index is 0.164. The van der Waals surface area contributed by atoms with Crippen LogP contribution in [0.15, 0.2) is 48.5 Å². The number of carbonyl (C=O) groups excluding carboxylic acids is 1. The van der Waals surface area contributed by atoms with E-state index < -0.39 is 0 Å². The minimum atomic E-state index is -0.290. The van der Waals surface area contributed by atoms with Crippen LogP contribution in [0.2, 0.25) is 5.02 Å². The molecule has 0 saturated heterocycles. The van der Waals surface area contributed by atoms with E-state index in [4.69, 9.17) is 21.1 Å². The number of para-hydroxylation sites is 1. The molecule has 0 unspecified atom stereocenters. The Kier molecular flexibility index (Phi) is 5.23. The molecular weight excluding hydrogens is 288 g/mol. The zero-order valence-corrected chi connectivity index (χ0v) is 12.8. The van der Waals surface area contributed by atoms with Gasteiger partial charge in [0.2, 0.25) is 0 Å². The molecule has 0 amide bonds. The van der Waals surface area contributed by atoms with Crippen molar-refractivity contribution in [1.82, 2.24) is 0 Å². The number of carbonyl (C=O) groups is 1. The Hall–Kier alpha value is -2.00. The molecule has 21 heavy (non-hydrogen) atoms. The van der Waals surface area contributed by atoms with Gasteiger partial charge in [-0.25, -0.2) is 0 Å². The second-order valence-electron chi connectivity index (χ2n) is 4.68. The van der Waals surface area contributed by atoms with E-state index in [9.17, 15) is 4.79 Å². The van der Waals surface area contributed by atoms with Gasteiger partial charge in [-0.1, -0.05) is 41.9 Å². The number of methoxy groups -OCH3 is 1.